The average molecular weight is 250 g/mol. The van der Waals surface area contributed by atoms with Crippen LogP contribution in [-0.2, 0) is 14.0 Å². The van der Waals surface area contributed by atoms with Crippen molar-refractivity contribution in [2.45, 2.75) is 38.0 Å². The summed E-state index contributed by atoms with van der Waals surface area (Å²) >= 11 is 0. The molecule has 0 aromatic rings. The van der Waals surface area contributed by atoms with Crippen LogP contribution in [0, 0.1) is 0 Å². The molecule has 0 aliphatic heterocycles. The summed E-state index contributed by atoms with van der Waals surface area (Å²) in [6.07, 6.45) is 0. The highest BCUT2D eigenvalue weighted by atomic mass is 32.2. The number of alkyl halides is 3. The van der Waals surface area contributed by atoms with Crippen LogP contribution in [0.1, 0.15) is 13.8 Å². The largest absolute Gasteiger partial charge is 0.522 e. The van der Waals surface area contributed by atoms with Gasteiger partial charge in [0.1, 0.15) is 0 Å². The van der Waals surface area contributed by atoms with Crippen LogP contribution in [0.4, 0.5) is 13.2 Å². The van der Waals surface area contributed by atoms with Gasteiger partial charge in [-0.3, -0.25) is 0 Å². The molecule has 0 unspecified atom stereocenters. The van der Waals surface area contributed by atoms with Crippen LogP contribution in [0.25, 0.3) is 0 Å². The minimum absolute atomic E-state index is 0.209. The monoisotopic (exact) mass is 250 g/mol. The zero-order valence-corrected chi connectivity index (χ0v) is 10.2. The van der Waals surface area contributed by atoms with Crippen LogP contribution in [0.3, 0.4) is 0 Å². The van der Waals surface area contributed by atoms with Gasteiger partial charge >= 0.3 is 15.6 Å². The van der Waals surface area contributed by atoms with Crippen LogP contribution in [0.15, 0.2) is 0 Å². The summed E-state index contributed by atoms with van der Waals surface area (Å²) in [6, 6.07) is 0. The van der Waals surface area contributed by atoms with E-state index in [2.05, 4.69) is 3.87 Å². The fourth-order valence-electron chi connectivity index (χ4n) is 0.426. The second kappa shape index (κ2) is 3.82. The fraction of sp³-hybridized carbons (Fsp3) is 1.00. The zero-order chi connectivity index (χ0) is 11.8. The molecule has 3 nitrogen and oxygen atoms in total. The van der Waals surface area contributed by atoms with E-state index in [1.54, 1.807) is 13.8 Å². The Labute approximate surface area is 82.5 Å². The number of hydrogen-bond donors (Lipinski definition) is 0. The third-order valence-electron chi connectivity index (χ3n) is 2.00. The Hall–Kier alpha value is -0.0831. The minimum atomic E-state index is -5.44. The lowest BCUT2D eigenvalue weighted by molar-refractivity contribution is -0.0504. The third-order valence-corrected chi connectivity index (χ3v) is 7.94. The third kappa shape index (κ3) is 3.25. The molecule has 0 aliphatic rings. The highest BCUT2D eigenvalue weighted by Crippen LogP contribution is 2.31. The summed E-state index contributed by atoms with van der Waals surface area (Å²) in [5.41, 5.74) is -5.54. The standard InChI is InChI=1S/C6H13F3O3SSi/c1-5(2)14(3,4)12-13(10,11)6(7,8)9/h5H,1-4H3. The fourth-order valence-corrected chi connectivity index (χ4v) is 3.84. The van der Waals surface area contributed by atoms with Gasteiger partial charge in [0.2, 0.25) is 8.32 Å². The van der Waals surface area contributed by atoms with E-state index in [9.17, 15) is 21.6 Å². The van der Waals surface area contributed by atoms with Gasteiger partial charge < -0.3 is 3.87 Å². The van der Waals surface area contributed by atoms with E-state index in [-0.39, 0.29) is 5.54 Å². The topological polar surface area (TPSA) is 43.4 Å². The Balaban J connectivity index is 4.88. The van der Waals surface area contributed by atoms with E-state index in [4.69, 9.17) is 0 Å². The molecule has 0 rings (SSSR count). The Morgan fingerprint density at radius 2 is 1.57 bits per heavy atom. The number of rotatable bonds is 3. The van der Waals surface area contributed by atoms with Gasteiger partial charge in [-0.1, -0.05) is 13.8 Å². The van der Waals surface area contributed by atoms with Crippen molar-refractivity contribution in [3.63, 3.8) is 0 Å². The number of halogens is 3. The molecule has 0 heterocycles. The molecule has 0 spiro atoms. The molecule has 0 atom stereocenters. The quantitative estimate of drug-likeness (QED) is 0.571. The van der Waals surface area contributed by atoms with Crippen LogP contribution in [0.5, 0.6) is 0 Å². The molecule has 8 heteroatoms. The van der Waals surface area contributed by atoms with Crippen molar-refractivity contribution in [1.29, 1.82) is 0 Å². The first-order valence-corrected chi connectivity index (χ1v) is 8.31. The van der Waals surface area contributed by atoms with Gasteiger partial charge in [0.25, 0.3) is 0 Å². The predicted octanol–water partition coefficient (Wildman–Crippen LogP) is 2.47. The van der Waals surface area contributed by atoms with E-state index >= 15 is 0 Å². The van der Waals surface area contributed by atoms with Crippen molar-refractivity contribution in [1.82, 2.24) is 0 Å². The second-order valence-corrected chi connectivity index (χ2v) is 10.1. The summed E-state index contributed by atoms with van der Waals surface area (Å²) in [6.45, 7) is 6.14. The van der Waals surface area contributed by atoms with E-state index < -0.39 is 23.9 Å². The smallest absolute Gasteiger partial charge is 0.308 e. The van der Waals surface area contributed by atoms with Crippen molar-refractivity contribution in [2.24, 2.45) is 0 Å². The Morgan fingerprint density at radius 1 is 1.21 bits per heavy atom. The highest BCUT2D eigenvalue weighted by molar-refractivity contribution is 7.88. The molecule has 0 radical (unpaired) electrons. The average Bonchev–Trinajstić information content (AvgIpc) is 1.80. The van der Waals surface area contributed by atoms with Gasteiger partial charge in [-0.2, -0.15) is 21.6 Å². The van der Waals surface area contributed by atoms with Gasteiger partial charge in [0.15, 0.2) is 0 Å². The molecule has 0 saturated heterocycles. The van der Waals surface area contributed by atoms with Crippen molar-refractivity contribution in [3.8, 4) is 0 Å². The first-order chi connectivity index (χ1) is 5.90. The molecule has 0 aliphatic carbocycles. The lowest BCUT2D eigenvalue weighted by Crippen LogP contribution is -2.41. The normalized spacial score (nSPS) is 14.9. The van der Waals surface area contributed by atoms with Crippen LogP contribution in [0.2, 0.25) is 18.6 Å². The van der Waals surface area contributed by atoms with E-state index in [1.807, 2.05) is 0 Å². The Bertz CT molecular complexity index is 294. The van der Waals surface area contributed by atoms with E-state index in [0.717, 1.165) is 0 Å². The maximum absolute atomic E-state index is 11.9. The van der Waals surface area contributed by atoms with Gasteiger partial charge in [-0.25, -0.2) is 0 Å². The molecule has 0 aromatic carbocycles. The summed E-state index contributed by atoms with van der Waals surface area (Å²) < 4.78 is 61.4. The lowest BCUT2D eigenvalue weighted by Gasteiger charge is -2.26. The van der Waals surface area contributed by atoms with E-state index in [0.29, 0.717) is 0 Å². The van der Waals surface area contributed by atoms with Gasteiger partial charge in [-0.15, -0.1) is 0 Å². The molecule has 14 heavy (non-hydrogen) atoms. The van der Waals surface area contributed by atoms with Gasteiger partial charge in [0, 0.05) is 0 Å². The predicted molar refractivity (Wildman–Crippen MR) is 48.6 cm³/mol. The molecular formula is C6H13F3O3SSi. The lowest BCUT2D eigenvalue weighted by atomic mass is 10.6. The van der Waals surface area contributed by atoms with Crippen molar-refractivity contribution >= 4 is 18.4 Å². The summed E-state index contributed by atoms with van der Waals surface area (Å²) in [4.78, 5) is 0. The molecule has 0 amide bonds. The van der Waals surface area contributed by atoms with Crippen LogP contribution < -0.4 is 0 Å². The maximum Gasteiger partial charge on any atom is 0.522 e. The molecule has 0 fully saturated rings. The minimum Gasteiger partial charge on any atom is -0.308 e. The van der Waals surface area contributed by atoms with Crippen LogP contribution >= 0.6 is 0 Å². The van der Waals surface area contributed by atoms with Gasteiger partial charge in [0.05, 0.1) is 0 Å². The Morgan fingerprint density at radius 3 is 1.79 bits per heavy atom. The molecule has 86 valence electrons. The maximum atomic E-state index is 11.9. The summed E-state index contributed by atoms with van der Waals surface area (Å²) in [7, 11) is -8.27. The van der Waals surface area contributed by atoms with Crippen molar-refractivity contribution in [3.05, 3.63) is 0 Å². The summed E-state index contributed by atoms with van der Waals surface area (Å²) in [5.74, 6) is 0. The summed E-state index contributed by atoms with van der Waals surface area (Å²) in [5, 5.41) is 0. The second-order valence-electron chi connectivity index (χ2n) is 3.74. The molecular weight excluding hydrogens is 237 g/mol. The SMILES string of the molecule is CC(C)[Si](C)(C)OS(=O)(=O)C(F)(F)F. The first-order valence-electron chi connectivity index (χ1n) is 3.92. The van der Waals surface area contributed by atoms with Gasteiger partial charge in [-0.05, 0) is 18.6 Å². The number of hydrogen-bond acceptors (Lipinski definition) is 3. The molecule has 0 saturated carbocycles. The first kappa shape index (κ1) is 13.9. The Kier molecular flexibility index (Phi) is 3.80. The molecule has 0 aromatic heterocycles. The zero-order valence-electron chi connectivity index (χ0n) is 8.34. The van der Waals surface area contributed by atoms with Crippen molar-refractivity contribution in [2.75, 3.05) is 0 Å². The van der Waals surface area contributed by atoms with Crippen molar-refractivity contribution < 1.29 is 25.5 Å². The molecule has 0 N–H and O–H groups in total. The van der Waals surface area contributed by atoms with E-state index in [1.165, 1.54) is 13.1 Å². The van der Waals surface area contributed by atoms with Crippen LogP contribution in [-0.4, -0.2) is 22.2 Å². The highest BCUT2D eigenvalue weighted by Gasteiger charge is 2.50. The molecule has 0 bridgehead atoms.